The molecule has 1 aromatic heterocycles. The molecule has 0 spiro atoms. The van der Waals surface area contributed by atoms with Crippen molar-refractivity contribution in [3.8, 4) is 0 Å². The smallest absolute Gasteiger partial charge is 0.129 e. The molecule has 1 N–H and O–H groups in total. The Hall–Kier alpha value is -1.68. The summed E-state index contributed by atoms with van der Waals surface area (Å²) >= 11 is 0. The highest BCUT2D eigenvalue weighted by atomic mass is 19.1. The molecule has 3 nitrogen and oxygen atoms in total. The summed E-state index contributed by atoms with van der Waals surface area (Å²) in [5.74, 6) is -0.367. The van der Waals surface area contributed by atoms with Crippen LogP contribution in [0.4, 0.5) is 4.39 Å². The SMILES string of the molecule is CCCn1cc(C(O)c2c(C)cc(C)cc2F)cn1. The van der Waals surface area contributed by atoms with Crippen LogP contribution in [0.1, 0.15) is 41.7 Å². The van der Waals surface area contributed by atoms with Crippen LogP contribution in [0.3, 0.4) is 0 Å². The fourth-order valence-corrected chi connectivity index (χ4v) is 2.31. The van der Waals surface area contributed by atoms with Gasteiger partial charge in [-0.2, -0.15) is 5.10 Å². The van der Waals surface area contributed by atoms with Crippen LogP contribution in [0.25, 0.3) is 0 Å². The Morgan fingerprint density at radius 2 is 2.11 bits per heavy atom. The van der Waals surface area contributed by atoms with Crippen molar-refractivity contribution in [3.05, 3.63) is 52.6 Å². The Morgan fingerprint density at radius 1 is 1.37 bits per heavy atom. The zero-order valence-corrected chi connectivity index (χ0v) is 11.5. The minimum Gasteiger partial charge on any atom is -0.383 e. The highest BCUT2D eigenvalue weighted by Gasteiger charge is 2.19. The van der Waals surface area contributed by atoms with E-state index < -0.39 is 6.10 Å². The molecule has 0 saturated heterocycles. The lowest BCUT2D eigenvalue weighted by molar-refractivity contribution is 0.214. The molecule has 0 bridgehead atoms. The Morgan fingerprint density at radius 3 is 2.74 bits per heavy atom. The molecule has 0 aliphatic carbocycles. The molecule has 4 heteroatoms. The van der Waals surface area contributed by atoms with Crippen molar-refractivity contribution >= 4 is 0 Å². The lowest BCUT2D eigenvalue weighted by Crippen LogP contribution is -2.05. The van der Waals surface area contributed by atoms with Gasteiger partial charge in [0, 0.05) is 23.9 Å². The number of aliphatic hydroxyl groups is 1. The van der Waals surface area contributed by atoms with Crippen LogP contribution >= 0.6 is 0 Å². The van der Waals surface area contributed by atoms with Crippen molar-refractivity contribution in [2.75, 3.05) is 0 Å². The number of hydrogen-bond acceptors (Lipinski definition) is 2. The van der Waals surface area contributed by atoms with E-state index in [1.807, 2.05) is 19.9 Å². The van der Waals surface area contributed by atoms with Crippen molar-refractivity contribution < 1.29 is 9.50 Å². The second kappa shape index (κ2) is 5.53. The molecule has 0 aliphatic rings. The van der Waals surface area contributed by atoms with Gasteiger partial charge < -0.3 is 5.11 Å². The molecular weight excluding hydrogens is 243 g/mol. The third-order valence-electron chi connectivity index (χ3n) is 3.18. The molecule has 0 amide bonds. The van der Waals surface area contributed by atoms with Gasteiger partial charge in [0.15, 0.2) is 0 Å². The number of benzene rings is 1. The fraction of sp³-hybridized carbons (Fsp3) is 0.400. The summed E-state index contributed by atoms with van der Waals surface area (Å²) in [6.07, 6.45) is 3.37. The van der Waals surface area contributed by atoms with E-state index in [0.29, 0.717) is 11.1 Å². The fourth-order valence-electron chi connectivity index (χ4n) is 2.31. The van der Waals surface area contributed by atoms with Crippen molar-refractivity contribution in [2.24, 2.45) is 0 Å². The zero-order valence-electron chi connectivity index (χ0n) is 11.5. The van der Waals surface area contributed by atoms with E-state index in [1.165, 1.54) is 6.07 Å². The summed E-state index contributed by atoms with van der Waals surface area (Å²) < 4.78 is 15.8. The minimum absolute atomic E-state index is 0.335. The summed E-state index contributed by atoms with van der Waals surface area (Å²) in [7, 11) is 0. The highest BCUT2D eigenvalue weighted by molar-refractivity contribution is 5.37. The van der Waals surface area contributed by atoms with E-state index in [9.17, 15) is 9.50 Å². The third-order valence-corrected chi connectivity index (χ3v) is 3.18. The van der Waals surface area contributed by atoms with Gasteiger partial charge in [-0.1, -0.05) is 13.0 Å². The molecule has 0 aliphatic heterocycles. The molecule has 0 radical (unpaired) electrons. The first-order valence-electron chi connectivity index (χ1n) is 6.50. The normalized spacial score (nSPS) is 12.7. The van der Waals surface area contributed by atoms with Gasteiger partial charge in [0.05, 0.1) is 6.20 Å². The quantitative estimate of drug-likeness (QED) is 0.919. The van der Waals surface area contributed by atoms with Crippen LogP contribution in [0.15, 0.2) is 24.5 Å². The molecule has 1 aromatic carbocycles. The maximum absolute atomic E-state index is 14.0. The first-order valence-corrected chi connectivity index (χ1v) is 6.50. The van der Waals surface area contributed by atoms with Crippen molar-refractivity contribution in [1.82, 2.24) is 9.78 Å². The van der Waals surface area contributed by atoms with Crippen LogP contribution in [0.5, 0.6) is 0 Å². The number of aliphatic hydroxyl groups excluding tert-OH is 1. The second-order valence-electron chi connectivity index (χ2n) is 4.92. The number of aromatic nitrogens is 2. The maximum Gasteiger partial charge on any atom is 0.129 e. The topological polar surface area (TPSA) is 38.0 Å². The summed E-state index contributed by atoms with van der Waals surface area (Å²) in [5, 5.41) is 14.5. The molecule has 1 atom stereocenters. The van der Waals surface area contributed by atoms with Crippen LogP contribution < -0.4 is 0 Å². The van der Waals surface area contributed by atoms with Crippen molar-refractivity contribution in [1.29, 1.82) is 0 Å². The van der Waals surface area contributed by atoms with Crippen LogP contribution in [0.2, 0.25) is 0 Å². The summed E-state index contributed by atoms with van der Waals surface area (Å²) in [6, 6.07) is 3.32. The minimum atomic E-state index is -0.966. The number of hydrogen-bond donors (Lipinski definition) is 1. The Balaban J connectivity index is 2.35. The van der Waals surface area contributed by atoms with Gasteiger partial charge in [-0.05, 0) is 37.5 Å². The van der Waals surface area contributed by atoms with E-state index in [4.69, 9.17) is 0 Å². The lowest BCUT2D eigenvalue weighted by atomic mass is 9.97. The monoisotopic (exact) mass is 262 g/mol. The molecule has 2 aromatic rings. The third kappa shape index (κ3) is 2.84. The largest absolute Gasteiger partial charge is 0.383 e. The van der Waals surface area contributed by atoms with Crippen LogP contribution in [-0.4, -0.2) is 14.9 Å². The first kappa shape index (κ1) is 13.7. The van der Waals surface area contributed by atoms with Gasteiger partial charge in [-0.15, -0.1) is 0 Å². The summed E-state index contributed by atoms with van der Waals surface area (Å²) in [5.41, 5.74) is 2.57. The predicted molar refractivity (Wildman–Crippen MR) is 72.5 cm³/mol. The molecular formula is C15H19FN2O. The molecule has 0 fully saturated rings. The van der Waals surface area contributed by atoms with Gasteiger partial charge in [0.2, 0.25) is 0 Å². The lowest BCUT2D eigenvalue weighted by Gasteiger charge is -2.14. The number of aryl methyl sites for hydroxylation is 3. The summed E-state index contributed by atoms with van der Waals surface area (Å²) in [4.78, 5) is 0. The van der Waals surface area contributed by atoms with Gasteiger partial charge in [-0.25, -0.2) is 4.39 Å². The van der Waals surface area contributed by atoms with E-state index in [2.05, 4.69) is 12.0 Å². The van der Waals surface area contributed by atoms with Crippen molar-refractivity contribution in [3.63, 3.8) is 0 Å². The average molecular weight is 262 g/mol. The van der Waals surface area contributed by atoms with Gasteiger partial charge in [0.25, 0.3) is 0 Å². The van der Waals surface area contributed by atoms with Crippen molar-refractivity contribution in [2.45, 2.75) is 39.8 Å². The molecule has 1 unspecified atom stereocenters. The van der Waals surface area contributed by atoms with E-state index in [0.717, 1.165) is 24.1 Å². The van der Waals surface area contributed by atoms with E-state index in [1.54, 1.807) is 17.1 Å². The summed E-state index contributed by atoms with van der Waals surface area (Å²) in [6.45, 7) is 6.50. The Labute approximate surface area is 112 Å². The number of halogens is 1. The van der Waals surface area contributed by atoms with E-state index in [-0.39, 0.29) is 5.82 Å². The van der Waals surface area contributed by atoms with Gasteiger partial charge >= 0.3 is 0 Å². The first-order chi connectivity index (χ1) is 9.02. The zero-order chi connectivity index (χ0) is 14.0. The second-order valence-corrected chi connectivity index (χ2v) is 4.92. The predicted octanol–water partition coefficient (Wildman–Crippen LogP) is 3.13. The maximum atomic E-state index is 14.0. The molecule has 102 valence electrons. The Kier molecular flexibility index (Phi) is 4.00. The highest BCUT2D eigenvalue weighted by Crippen LogP contribution is 2.27. The molecule has 0 saturated carbocycles. The van der Waals surface area contributed by atoms with Crippen LogP contribution in [0, 0.1) is 19.7 Å². The molecule has 2 rings (SSSR count). The Bertz CT molecular complexity index is 554. The number of rotatable bonds is 4. The average Bonchev–Trinajstić information content (AvgIpc) is 2.76. The molecule has 1 heterocycles. The molecule has 19 heavy (non-hydrogen) atoms. The van der Waals surface area contributed by atoms with Gasteiger partial charge in [-0.3, -0.25) is 4.68 Å². The van der Waals surface area contributed by atoms with E-state index >= 15 is 0 Å². The van der Waals surface area contributed by atoms with Gasteiger partial charge in [0.1, 0.15) is 11.9 Å². The van der Waals surface area contributed by atoms with Crippen LogP contribution in [-0.2, 0) is 6.54 Å². The standard InChI is InChI=1S/C15H19FN2O/c1-4-5-18-9-12(8-17-18)15(19)14-11(3)6-10(2)7-13(14)16/h6-9,15,19H,4-5H2,1-3H3. The number of nitrogens with zero attached hydrogens (tertiary/aromatic N) is 2.